The Balaban J connectivity index is 1.38. The quantitative estimate of drug-likeness (QED) is 0.782. The maximum Gasteiger partial charge on any atom is 0.251 e. The summed E-state index contributed by atoms with van der Waals surface area (Å²) in [6, 6.07) is 16.0. The van der Waals surface area contributed by atoms with E-state index in [1.165, 1.54) is 0 Å². The smallest absolute Gasteiger partial charge is 0.251 e. The monoisotopic (exact) mass is 396 g/mol. The zero-order chi connectivity index (χ0) is 20.2. The van der Waals surface area contributed by atoms with Gasteiger partial charge in [-0.25, -0.2) is 0 Å². The number of para-hydroxylation sites is 1. The summed E-state index contributed by atoms with van der Waals surface area (Å²) in [6.45, 7) is 2.53. The number of nitrogens with one attached hydrogen (secondary N) is 2. The van der Waals surface area contributed by atoms with Crippen LogP contribution in [0.25, 0.3) is 0 Å². The molecule has 0 bridgehead atoms. The molecule has 2 aliphatic heterocycles. The van der Waals surface area contributed by atoms with Crippen LogP contribution in [0.3, 0.4) is 0 Å². The van der Waals surface area contributed by atoms with E-state index in [9.17, 15) is 9.59 Å². The molecule has 0 radical (unpaired) electrons. The lowest BCUT2D eigenvalue weighted by atomic mass is 10.1. The highest BCUT2D eigenvalue weighted by molar-refractivity contribution is 5.94. The van der Waals surface area contributed by atoms with Gasteiger partial charge < -0.3 is 24.8 Å². The highest BCUT2D eigenvalue weighted by Crippen LogP contribution is 2.28. The zero-order valence-electron chi connectivity index (χ0n) is 16.2. The SMILES string of the molecule is CCC(=O)NC1COC2C(NC(=O)c3cccc(Oc4ccccc4)c3)COC12. The summed E-state index contributed by atoms with van der Waals surface area (Å²) in [6.07, 6.45) is -0.108. The minimum atomic E-state index is -0.273. The van der Waals surface area contributed by atoms with Gasteiger partial charge in [-0.3, -0.25) is 9.59 Å². The van der Waals surface area contributed by atoms with Gasteiger partial charge in [-0.15, -0.1) is 0 Å². The van der Waals surface area contributed by atoms with E-state index in [0.29, 0.717) is 36.7 Å². The Morgan fingerprint density at radius 1 is 0.931 bits per heavy atom. The van der Waals surface area contributed by atoms with Crippen molar-refractivity contribution in [1.82, 2.24) is 10.6 Å². The van der Waals surface area contributed by atoms with E-state index in [4.69, 9.17) is 14.2 Å². The predicted octanol–water partition coefficient (Wildman–Crippen LogP) is 2.27. The first-order valence-corrected chi connectivity index (χ1v) is 9.80. The van der Waals surface area contributed by atoms with Gasteiger partial charge in [0, 0.05) is 12.0 Å². The van der Waals surface area contributed by atoms with Gasteiger partial charge >= 0.3 is 0 Å². The van der Waals surface area contributed by atoms with E-state index in [0.717, 1.165) is 0 Å². The molecule has 4 atom stereocenters. The van der Waals surface area contributed by atoms with E-state index in [-0.39, 0.29) is 36.1 Å². The Morgan fingerprint density at radius 2 is 1.59 bits per heavy atom. The predicted molar refractivity (Wildman–Crippen MR) is 106 cm³/mol. The molecule has 2 aliphatic rings. The molecule has 4 unspecified atom stereocenters. The van der Waals surface area contributed by atoms with Gasteiger partial charge in [0.05, 0.1) is 25.3 Å². The first-order chi connectivity index (χ1) is 14.1. The van der Waals surface area contributed by atoms with Crippen LogP contribution in [0.2, 0.25) is 0 Å². The summed E-state index contributed by atoms with van der Waals surface area (Å²) in [5, 5.41) is 5.91. The van der Waals surface area contributed by atoms with Crippen molar-refractivity contribution in [3.8, 4) is 11.5 Å². The number of carbonyl (C=O) groups is 2. The van der Waals surface area contributed by atoms with Gasteiger partial charge in [-0.2, -0.15) is 0 Å². The fourth-order valence-electron chi connectivity index (χ4n) is 3.63. The minimum absolute atomic E-state index is 0.0365. The molecule has 152 valence electrons. The second-order valence-corrected chi connectivity index (χ2v) is 7.15. The van der Waals surface area contributed by atoms with Crippen LogP contribution in [0.5, 0.6) is 11.5 Å². The third kappa shape index (κ3) is 4.41. The van der Waals surface area contributed by atoms with Crippen molar-refractivity contribution in [3.05, 3.63) is 60.2 Å². The summed E-state index contributed by atoms with van der Waals surface area (Å²) < 4.78 is 17.4. The first kappa shape index (κ1) is 19.4. The highest BCUT2D eigenvalue weighted by Gasteiger charge is 2.48. The van der Waals surface area contributed by atoms with Gasteiger partial charge in [0.1, 0.15) is 23.7 Å². The number of hydrogen-bond acceptors (Lipinski definition) is 5. The molecule has 2 heterocycles. The molecule has 2 fully saturated rings. The summed E-state index contributed by atoms with van der Waals surface area (Å²) in [5.74, 6) is 1.04. The van der Waals surface area contributed by atoms with Crippen molar-refractivity contribution in [2.45, 2.75) is 37.6 Å². The fraction of sp³-hybridized carbons (Fsp3) is 0.364. The van der Waals surface area contributed by atoms with Crippen molar-refractivity contribution in [1.29, 1.82) is 0 Å². The molecule has 0 spiro atoms. The molecule has 2 aromatic rings. The minimum Gasteiger partial charge on any atom is -0.457 e. The number of ether oxygens (including phenoxy) is 3. The van der Waals surface area contributed by atoms with E-state index >= 15 is 0 Å². The molecule has 0 aliphatic carbocycles. The third-order valence-corrected chi connectivity index (χ3v) is 5.11. The lowest BCUT2D eigenvalue weighted by molar-refractivity contribution is -0.122. The topological polar surface area (TPSA) is 85.9 Å². The lowest BCUT2D eigenvalue weighted by Crippen LogP contribution is -2.46. The second kappa shape index (κ2) is 8.63. The van der Waals surface area contributed by atoms with Gasteiger partial charge in [0.15, 0.2) is 0 Å². The standard InChI is InChI=1S/C22H24N2O5/c1-2-19(25)23-17-12-27-21-18(13-28-20(17)21)24-22(26)14-7-6-10-16(11-14)29-15-8-4-3-5-9-15/h3-11,17-18,20-21H,2,12-13H2,1H3,(H,23,25)(H,24,26). The number of carbonyl (C=O) groups excluding carboxylic acids is 2. The van der Waals surface area contributed by atoms with Crippen molar-refractivity contribution >= 4 is 11.8 Å². The molecular formula is C22H24N2O5. The van der Waals surface area contributed by atoms with E-state index in [1.807, 2.05) is 30.3 Å². The summed E-state index contributed by atoms with van der Waals surface area (Å²) >= 11 is 0. The van der Waals surface area contributed by atoms with Crippen LogP contribution < -0.4 is 15.4 Å². The Bertz CT molecular complexity index is 873. The van der Waals surface area contributed by atoms with E-state index < -0.39 is 0 Å². The van der Waals surface area contributed by atoms with Crippen molar-refractivity contribution in [3.63, 3.8) is 0 Å². The third-order valence-electron chi connectivity index (χ3n) is 5.11. The summed E-state index contributed by atoms with van der Waals surface area (Å²) in [4.78, 5) is 24.4. The molecule has 2 N–H and O–H groups in total. The second-order valence-electron chi connectivity index (χ2n) is 7.15. The number of hydrogen-bond donors (Lipinski definition) is 2. The molecule has 2 saturated heterocycles. The molecule has 7 nitrogen and oxygen atoms in total. The first-order valence-electron chi connectivity index (χ1n) is 9.80. The number of rotatable bonds is 6. The maximum absolute atomic E-state index is 12.8. The summed E-state index contributed by atoms with van der Waals surface area (Å²) in [5.41, 5.74) is 0.496. The van der Waals surface area contributed by atoms with Gasteiger partial charge in [-0.1, -0.05) is 31.2 Å². The van der Waals surface area contributed by atoms with Gasteiger partial charge in [0.25, 0.3) is 5.91 Å². The number of fused-ring (bicyclic) bond motifs is 1. The molecule has 7 heteroatoms. The van der Waals surface area contributed by atoms with Crippen molar-refractivity contribution < 1.29 is 23.8 Å². The van der Waals surface area contributed by atoms with E-state index in [1.54, 1.807) is 31.2 Å². The Kier molecular flexibility index (Phi) is 5.78. The van der Waals surface area contributed by atoms with Gasteiger partial charge in [-0.05, 0) is 30.3 Å². The normalized spacial score (nSPS) is 25.3. The Hall–Kier alpha value is -2.90. The van der Waals surface area contributed by atoms with Crippen LogP contribution in [0.1, 0.15) is 23.7 Å². The molecule has 2 aromatic carbocycles. The summed E-state index contributed by atoms with van der Waals surface area (Å²) in [7, 11) is 0. The van der Waals surface area contributed by atoms with Crippen LogP contribution in [0, 0.1) is 0 Å². The largest absolute Gasteiger partial charge is 0.457 e. The van der Waals surface area contributed by atoms with Crippen LogP contribution in [0.4, 0.5) is 0 Å². The average Bonchev–Trinajstić information content (AvgIpc) is 3.32. The lowest BCUT2D eigenvalue weighted by Gasteiger charge is -2.18. The molecular weight excluding hydrogens is 372 g/mol. The van der Waals surface area contributed by atoms with Crippen LogP contribution in [-0.4, -0.2) is 49.3 Å². The number of amides is 2. The van der Waals surface area contributed by atoms with Crippen LogP contribution in [-0.2, 0) is 14.3 Å². The van der Waals surface area contributed by atoms with Crippen LogP contribution >= 0.6 is 0 Å². The molecule has 29 heavy (non-hydrogen) atoms. The maximum atomic E-state index is 12.8. The van der Waals surface area contributed by atoms with Gasteiger partial charge in [0.2, 0.25) is 5.91 Å². The Morgan fingerprint density at radius 3 is 2.28 bits per heavy atom. The fourth-order valence-corrected chi connectivity index (χ4v) is 3.63. The zero-order valence-corrected chi connectivity index (χ0v) is 16.2. The Labute approximate surface area is 169 Å². The average molecular weight is 396 g/mol. The van der Waals surface area contributed by atoms with Crippen LogP contribution in [0.15, 0.2) is 54.6 Å². The molecule has 0 aromatic heterocycles. The number of benzene rings is 2. The van der Waals surface area contributed by atoms with E-state index in [2.05, 4.69) is 10.6 Å². The highest BCUT2D eigenvalue weighted by atomic mass is 16.6. The molecule has 0 saturated carbocycles. The van der Waals surface area contributed by atoms with Crippen molar-refractivity contribution in [2.24, 2.45) is 0 Å². The van der Waals surface area contributed by atoms with Crippen molar-refractivity contribution in [2.75, 3.05) is 13.2 Å². The molecule has 2 amide bonds. The molecule has 4 rings (SSSR count).